The fourth-order valence-electron chi connectivity index (χ4n) is 2.60. The van der Waals surface area contributed by atoms with Crippen LogP contribution in [0.3, 0.4) is 0 Å². The summed E-state index contributed by atoms with van der Waals surface area (Å²) in [4.78, 5) is 0. The van der Waals surface area contributed by atoms with Crippen molar-refractivity contribution in [1.29, 1.82) is 0 Å². The SMILES string of the molecule is CCCCC(CCC)Nc1ccc2ccccc2c1. The van der Waals surface area contributed by atoms with E-state index in [0.717, 1.165) is 0 Å². The first-order valence-electron chi connectivity index (χ1n) is 7.58. The van der Waals surface area contributed by atoms with Gasteiger partial charge < -0.3 is 5.32 Å². The maximum Gasteiger partial charge on any atom is 0.0348 e. The predicted molar refractivity (Wildman–Crippen MR) is 85.8 cm³/mol. The third-order valence-corrected chi connectivity index (χ3v) is 3.66. The molecule has 19 heavy (non-hydrogen) atoms. The van der Waals surface area contributed by atoms with Crippen LogP contribution in [-0.4, -0.2) is 6.04 Å². The number of fused-ring (bicyclic) bond motifs is 1. The quantitative estimate of drug-likeness (QED) is 0.678. The van der Waals surface area contributed by atoms with Crippen LogP contribution in [-0.2, 0) is 0 Å². The lowest BCUT2D eigenvalue weighted by Gasteiger charge is -2.19. The summed E-state index contributed by atoms with van der Waals surface area (Å²) in [6.07, 6.45) is 6.36. The molecule has 1 unspecified atom stereocenters. The van der Waals surface area contributed by atoms with E-state index in [1.165, 1.54) is 48.6 Å². The first-order chi connectivity index (χ1) is 9.33. The van der Waals surface area contributed by atoms with Gasteiger partial charge >= 0.3 is 0 Å². The first-order valence-corrected chi connectivity index (χ1v) is 7.58. The van der Waals surface area contributed by atoms with Crippen molar-refractivity contribution in [2.45, 2.75) is 52.0 Å². The predicted octanol–water partition coefficient (Wildman–Crippen LogP) is 5.61. The molecule has 0 bridgehead atoms. The van der Waals surface area contributed by atoms with Gasteiger partial charge in [0.2, 0.25) is 0 Å². The van der Waals surface area contributed by atoms with Crippen molar-refractivity contribution in [3.8, 4) is 0 Å². The van der Waals surface area contributed by atoms with Crippen LogP contribution in [0.1, 0.15) is 46.0 Å². The monoisotopic (exact) mass is 255 g/mol. The minimum absolute atomic E-state index is 0.617. The van der Waals surface area contributed by atoms with Crippen LogP contribution in [0.25, 0.3) is 10.8 Å². The van der Waals surface area contributed by atoms with Gasteiger partial charge in [-0.25, -0.2) is 0 Å². The number of unbranched alkanes of at least 4 members (excludes halogenated alkanes) is 1. The van der Waals surface area contributed by atoms with Crippen LogP contribution in [0.15, 0.2) is 42.5 Å². The third kappa shape index (κ3) is 3.99. The second-order valence-corrected chi connectivity index (χ2v) is 5.33. The summed E-state index contributed by atoms with van der Waals surface area (Å²) in [5, 5.41) is 6.34. The van der Waals surface area contributed by atoms with Crippen LogP contribution in [0.4, 0.5) is 5.69 Å². The molecule has 0 amide bonds. The minimum Gasteiger partial charge on any atom is -0.382 e. The standard InChI is InChI=1S/C18H25N/c1-3-5-11-17(8-4-2)19-18-13-12-15-9-6-7-10-16(15)14-18/h6-7,9-10,12-14,17,19H,3-5,8,11H2,1-2H3. The molecule has 1 nitrogen and oxygen atoms in total. The summed E-state index contributed by atoms with van der Waals surface area (Å²) in [6.45, 7) is 4.53. The average molecular weight is 255 g/mol. The second-order valence-electron chi connectivity index (χ2n) is 5.33. The van der Waals surface area contributed by atoms with Crippen LogP contribution < -0.4 is 5.32 Å². The summed E-state index contributed by atoms with van der Waals surface area (Å²) < 4.78 is 0. The van der Waals surface area contributed by atoms with Gasteiger partial charge in [-0.15, -0.1) is 0 Å². The van der Waals surface area contributed by atoms with E-state index in [-0.39, 0.29) is 0 Å². The molecule has 0 spiro atoms. The summed E-state index contributed by atoms with van der Waals surface area (Å²) in [5.74, 6) is 0. The molecule has 2 rings (SSSR count). The van der Waals surface area contributed by atoms with Gasteiger partial charge in [0.25, 0.3) is 0 Å². The highest BCUT2D eigenvalue weighted by Crippen LogP contribution is 2.21. The molecule has 2 aromatic carbocycles. The first kappa shape index (κ1) is 13.9. The Balaban J connectivity index is 2.09. The number of hydrogen-bond donors (Lipinski definition) is 1. The lowest BCUT2D eigenvalue weighted by atomic mass is 10.0. The topological polar surface area (TPSA) is 12.0 Å². The second kappa shape index (κ2) is 7.18. The van der Waals surface area contributed by atoms with Crippen LogP contribution in [0.2, 0.25) is 0 Å². The summed E-state index contributed by atoms with van der Waals surface area (Å²) in [7, 11) is 0. The fourth-order valence-corrected chi connectivity index (χ4v) is 2.60. The number of benzene rings is 2. The number of anilines is 1. The van der Waals surface area contributed by atoms with Crippen LogP contribution >= 0.6 is 0 Å². The molecule has 0 aromatic heterocycles. The van der Waals surface area contributed by atoms with E-state index in [2.05, 4.69) is 61.6 Å². The number of nitrogens with one attached hydrogen (secondary N) is 1. The Morgan fingerprint density at radius 2 is 1.68 bits per heavy atom. The Morgan fingerprint density at radius 1 is 0.895 bits per heavy atom. The lowest BCUT2D eigenvalue weighted by molar-refractivity contribution is 0.564. The Labute approximate surface area is 117 Å². The molecule has 2 aromatic rings. The zero-order chi connectivity index (χ0) is 13.5. The van der Waals surface area contributed by atoms with Crippen molar-refractivity contribution in [3.05, 3.63) is 42.5 Å². The van der Waals surface area contributed by atoms with E-state index >= 15 is 0 Å². The van der Waals surface area contributed by atoms with Crippen molar-refractivity contribution in [2.75, 3.05) is 5.32 Å². The van der Waals surface area contributed by atoms with Crippen molar-refractivity contribution in [1.82, 2.24) is 0 Å². The van der Waals surface area contributed by atoms with Gasteiger partial charge in [-0.2, -0.15) is 0 Å². The van der Waals surface area contributed by atoms with Crippen molar-refractivity contribution in [2.24, 2.45) is 0 Å². The maximum atomic E-state index is 3.71. The molecule has 1 atom stereocenters. The van der Waals surface area contributed by atoms with Gasteiger partial charge in [0.15, 0.2) is 0 Å². The molecule has 0 saturated carbocycles. The Morgan fingerprint density at radius 3 is 2.42 bits per heavy atom. The summed E-state index contributed by atoms with van der Waals surface area (Å²) in [5.41, 5.74) is 1.26. The van der Waals surface area contributed by atoms with E-state index in [1.54, 1.807) is 0 Å². The molecule has 0 aliphatic carbocycles. The highest BCUT2D eigenvalue weighted by atomic mass is 14.9. The zero-order valence-electron chi connectivity index (χ0n) is 12.2. The molecular weight excluding hydrogens is 230 g/mol. The minimum atomic E-state index is 0.617. The highest BCUT2D eigenvalue weighted by molar-refractivity contribution is 5.85. The van der Waals surface area contributed by atoms with E-state index in [0.29, 0.717) is 6.04 Å². The number of rotatable bonds is 7. The Bertz CT molecular complexity index is 504. The largest absolute Gasteiger partial charge is 0.382 e. The summed E-state index contributed by atoms with van der Waals surface area (Å²) in [6, 6.07) is 15.8. The maximum absolute atomic E-state index is 3.71. The molecule has 1 N–H and O–H groups in total. The molecule has 0 aliphatic heterocycles. The Hall–Kier alpha value is -1.50. The molecule has 0 radical (unpaired) electrons. The van der Waals surface area contributed by atoms with E-state index in [4.69, 9.17) is 0 Å². The highest BCUT2D eigenvalue weighted by Gasteiger charge is 2.07. The van der Waals surface area contributed by atoms with E-state index in [9.17, 15) is 0 Å². The normalized spacial score (nSPS) is 12.5. The molecule has 0 fully saturated rings. The van der Waals surface area contributed by atoms with Gasteiger partial charge in [-0.1, -0.05) is 63.4 Å². The molecule has 0 saturated heterocycles. The molecule has 102 valence electrons. The zero-order valence-corrected chi connectivity index (χ0v) is 12.2. The Kier molecular flexibility index (Phi) is 5.26. The van der Waals surface area contributed by atoms with Crippen molar-refractivity contribution >= 4 is 16.5 Å². The molecule has 1 heteroatoms. The van der Waals surface area contributed by atoms with Gasteiger partial charge in [-0.3, -0.25) is 0 Å². The van der Waals surface area contributed by atoms with Crippen molar-refractivity contribution < 1.29 is 0 Å². The fraction of sp³-hybridized carbons (Fsp3) is 0.444. The lowest BCUT2D eigenvalue weighted by Crippen LogP contribution is -2.19. The average Bonchev–Trinajstić information content (AvgIpc) is 2.45. The number of hydrogen-bond acceptors (Lipinski definition) is 1. The van der Waals surface area contributed by atoms with Gasteiger partial charge in [0.05, 0.1) is 0 Å². The molecule has 0 aliphatic rings. The van der Waals surface area contributed by atoms with Gasteiger partial charge in [0.1, 0.15) is 0 Å². The third-order valence-electron chi connectivity index (χ3n) is 3.66. The summed E-state index contributed by atoms with van der Waals surface area (Å²) >= 11 is 0. The molecular formula is C18H25N. The van der Waals surface area contributed by atoms with Gasteiger partial charge in [0, 0.05) is 11.7 Å². The smallest absolute Gasteiger partial charge is 0.0348 e. The van der Waals surface area contributed by atoms with E-state index < -0.39 is 0 Å². The van der Waals surface area contributed by atoms with Crippen molar-refractivity contribution in [3.63, 3.8) is 0 Å². The molecule has 0 heterocycles. The van der Waals surface area contributed by atoms with Crippen LogP contribution in [0, 0.1) is 0 Å². The van der Waals surface area contributed by atoms with Crippen LogP contribution in [0.5, 0.6) is 0 Å². The van der Waals surface area contributed by atoms with E-state index in [1.807, 2.05) is 0 Å². The van der Waals surface area contributed by atoms with Gasteiger partial charge in [-0.05, 0) is 35.7 Å².